The van der Waals surface area contributed by atoms with E-state index < -0.39 is 0 Å². The number of benzene rings is 1. The largest absolute Gasteiger partial charge is 0.382 e. The van der Waals surface area contributed by atoms with Crippen LogP contribution >= 0.6 is 34.7 Å². The van der Waals surface area contributed by atoms with Gasteiger partial charge < -0.3 is 16.4 Å². The van der Waals surface area contributed by atoms with Crippen LogP contribution in [0.1, 0.15) is 35.7 Å². The Morgan fingerprint density at radius 1 is 1.21 bits per heavy atom. The summed E-state index contributed by atoms with van der Waals surface area (Å²) >= 11 is 9.43. The maximum Gasteiger partial charge on any atom is 0.215 e. The van der Waals surface area contributed by atoms with Crippen molar-refractivity contribution in [3.05, 3.63) is 58.4 Å². The zero-order valence-electron chi connectivity index (χ0n) is 18.2. The number of hydrogen-bond donors (Lipinski definition) is 2. The van der Waals surface area contributed by atoms with Crippen LogP contribution < -0.4 is 16.4 Å². The lowest BCUT2D eigenvalue weighted by Crippen LogP contribution is -2.44. The molecule has 7 nitrogen and oxygen atoms in total. The second kappa shape index (κ2) is 7.87. The average Bonchev–Trinajstić information content (AvgIpc) is 3.44. The fraction of sp³-hybridized carbons (Fsp3) is 0.348. The van der Waals surface area contributed by atoms with Crippen LogP contribution in [0.25, 0.3) is 4.96 Å². The van der Waals surface area contributed by atoms with Gasteiger partial charge in [0.25, 0.3) is 0 Å². The summed E-state index contributed by atoms with van der Waals surface area (Å²) in [7, 11) is 0. The Balaban J connectivity index is 1.20. The molecule has 2 aliphatic rings. The summed E-state index contributed by atoms with van der Waals surface area (Å²) in [5.41, 5.74) is 16.5. The third kappa shape index (κ3) is 3.41. The van der Waals surface area contributed by atoms with Crippen LogP contribution in [-0.2, 0) is 6.42 Å². The lowest BCUT2D eigenvalue weighted by Gasteiger charge is -2.42. The zero-order chi connectivity index (χ0) is 22.7. The minimum Gasteiger partial charge on any atom is -0.382 e. The Labute approximate surface area is 205 Å². The minimum absolute atomic E-state index is 0.125. The average molecular weight is 498 g/mol. The van der Waals surface area contributed by atoms with Crippen molar-refractivity contribution in [2.24, 2.45) is 11.1 Å². The maximum atomic E-state index is 6.74. The maximum absolute atomic E-state index is 6.74. The van der Waals surface area contributed by atoms with E-state index in [2.05, 4.69) is 34.1 Å². The van der Waals surface area contributed by atoms with Crippen molar-refractivity contribution in [3.63, 3.8) is 0 Å². The van der Waals surface area contributed by atoms with E-state index >= 15 is 0 Å². The molecule has 1 spiro atoms. The van der Waals surface area contributed by atoms with Gasteiger partial charge in [-0.15, -0.1) is 5.10 Å². The molecule has 10 heteroatoms. The predicted molar refractivity (Wildman–Crippen MR) is 134 cm³/mol. The van der Waals surface area contributed by atoms with Gasteiger partial charge >= 0.3 is 0 Å². The van der Waals surface area contributed by atoms with E-state index in [1.54, 1.807) is 17.5 Å². The molecule has 3 aromatic heterocycles. The Kier molecular flexibility index (Phi) is 5.06. The highest BCUT2D eigenvalue weighted by molar-refractivity contribution is 7.99. The number of aromatic nitrogens is 4. The Bertz CT molecular complexity index is 1360. The van der Waals surface area contributed by atoms with Gasteiger partial charge in [0.1, 0.15) is 10.8 Å². The smallest absolute Gasteiger partial charge is 0.215 e. The van der Waals surface area contributed by atoms with Gasteiger partial charge in [-0.1, -0.05) is 59.0 Å². The molecule has 33 heavy (non-hydrogen) atoms. The van der Waals surface area contributed by atoms with Crippen molar-refractivity contribution in [1.29, 1.82) is 0 Å². The van der Waals surface area contributed by atoms with E-state index in [-0.39, 0.29) is 11.5 Å². The van der Waals surface area contributed by atoms with Gasteiger partial charge in [-0.25, -0.2) is 14.5 Å². The predicted octanol–water partition coefficient (Wildman–Crippen LogP) is 4.72. The Morgan fingerprint density at radius 3 is 2.76 bits per heavy atom. The molecule has 1 atom stereocenters. The molecule has 1 aromatic carbocycles. The fourth-order valence-corrected chi connectivity index (χ4v) is 7.30. The number of hydrogen-bond acceptors (Lipinski definition) is 8. The van der Waals surface area contributed by atoms with Gasteiger partial charge in [0.15, 0.2) is 0 Å². The molecule has 4 heterocycles. The third-order valence-electron chi connectivity index (χ3n) is 7.08. The number of pyridine rings is 1. The van der Waals surface area contributed by atoms with Crippen LogP contribution in [0.5, 0.6) is 0 Å². The number of imidazole rings is 1. The van der Waals surface area contributed by atoms with E-state index in [0.717, 1.165) is 58.1 Å². The fourth-order valence-electron chi connectivity index (χ4n) is 5.12. The van der Waals surface area contributed by atoms with E-state index in [9.17, 15) is 0 Å². The second-order valence-corrected chi connectivity index (χ2v) is 11.2. The highest BCUT2D eigenvalue weighted by Gasteiger charge is 2.46. The normalized spacial score (nSPS) is 19.5. The lowest BCUT2D eigenvalue weighted by atomic mass is 9.73. The van der Waals surface area contributed by atoms with E-state index in [1.165, 1.54) is 22.9 Å². The quantitative estimate of drug-likeness (QED) is 0.422. The van der Waals surface area contributed by atoms with E-state index in [4.69, 9.17) is 33.2 Å². The number of nitrogens with zero attached hydrogens (tertiary/aromatic N) is 5. The van der Waals surface area contributed by atoms with Crippen LogP contribution in [0.2, 0.25) is 5.02 Å². The summed E-state index contributed by atoms with van der Waals surface area (Å²) in [6.07, 6.45) is 4.90. The van der Waals surface area contributed by atoms with Gasteiger partial charge in [0, 0.05) is 30.2 Å². The van der Waals surface area contributed by atoms with Gasteiger partial charge in [0.2, 0.25) is 10.1 Å². The van der Waals surface area contributed by atoms with Crippen LogP contribution in [-0.4, -0.2) is 32.7 Å². The minimum atomic E-state index is 0.125. The Morgan fingerprint density at radius 2 is 2.00 bits per heavy atom. The van der Waals surface area contributed by atoms with Crippen molar-refractivity contribution in [1.82, 2.24) is 19.6 Å². The molecule has 0 radical (unpaired) electrons. The number of nitrogen functional groups attached to an aromatic ring is 1. The molecule has 6 rings (SSSR count). The molecule has 170 valence electrons. The summed E-state index contributed by atoms with van der Waals surface area (Å²) in [4.78, 5) is 13.0. The SMILES string of the molecule is Cc1c(Sc2ccnc(N)c2Cl)nc2sc(N3CCC4(CC3)Cc3ccccc3[C@H]4N)nn12. The summed E-state index contributed by atoms with van der Waals surface area (Å²) < 4.78 is 1.93. The number of nitrogens with two attached hydrogens (primary N) is 2. The van der Waals surface area contributed by atoms with Gasteiger partial charge in [0.05, 0.1) is 10.7 Å². The molecule has 0 bridgehead atoms. The van der Waals surface area contributed by atoms with Crippen molar-refractivity contribution >= 4 is 50.6 Å². The standard InChI is InChI=1S/C23H24ClN7S2/c1-13-20(32-16-6-9-27-19(26)17(16)24)28-21-31(13)29-22(33-21)30-10-7-23(8-11-30)12-14-4-2-3-5-15(14)18(23)25/h2-6,9,18H,7-8,10-12,25H2,1H3,(H2,26,27)/t18-/m1/s1. The number of aryl methyl sites for hydroxylation is 1. The van der Waals surface area contributed by atoms with Crippen LogP contribution in [0, 0.1) is 12.3 Å². The molecule has 1 saturated heterocycles. The molecule has 0 unspecified atom stereocenters. The molecule has 1 aliphatic carbocycles. The van der Waals surface area contributed by atoms with Crippen molar-refractivity contribution < 1.29 is 0 Å². The second-order valence-electron chi connectivity index (χ2n) is 8.89. The van der Waals surface area contributed by atoms with Crippen molar-refractivity contribution in [3.8, 4) is 0 Å². The molecular weight excluding hydrogens is 474 g/mol. The molecule has 0 saturated carbocycles. The molecular formula is C23H24ClN7S2. The van der Waals surface area contributed by atoms with Gasteiger partial charge in [-0.05, 0) is 48.8 Å². The van der Waals surface area contributed by atoms with E-state index in [0.29, 0.717) is 10.8 Å². The summed E-state index contributed by atoms with van der Waals surface area (Å²) in [6, 6.07) is 10.6. The molecule has 1 aliphatic heterocycles. The van der Waals surface area contributed by atoms with Gasteiger partial charge in [-0.3, -0.25) is 0 Å². The first-order chi connectivity index (χ1) is 15.9. The van der Waals surface area contributed by atoms with Gasteiger partial charge in [-0.2, -0.15) is 0 Å². The molecule has 1 fully saturated rings. The summed E-state index contributed by atoms with van der Waals surface area (Å²) in [5.74, 6) is 0.327. The van der Waals surface area contributed by atoms with Crippen molar-refractivity contribution in [2.75, 3.05) is 23.7 Å². The number of anilines is 2. The number of piperidine rings is 1. The Hall–Kier alpha value is -2.33. The number of halogens is 1. The molecule has 0 amide bonds. The summed E-state index contributed by atoms with van der Waals surface area (Å²) in [5, 5.41) is 7.25. The lowest BCUT2D eigenvalue weighted by molar-refractivity contribution is 0.187. The molecule has 4 N–H and O–H groups in total. The zero-order valence-corrected chi connectivity index (χ0v) is 20.6. The number of fused-ring (bicyclic) bond motifs is 2. The molecule has 4 aromatic rings. The number of rotatable bonds is 3. The van der Waals surface area contributed by atoms with Crippen LogP contribution in [0.4, 0.5) is 10.9 Å². The topological polar surface area (TPSA) is 98.4 Å². The first-order valence-corrected chi connectivity index (χ1v) is 13.0. The highest BCUT2D eigenvalue weighted by Crippen LogP contribution is 2.51. The van der Waals surface area contributed by atoms with E-state index in [1.807, 2.05) is 17.5 Å². The van der Waals surface area contributed by atoms with Crippen LogP contribution in [0.15, 0.2) is 46.5 Å². The van der Waals surface area contributed by atoms with Crippen molar-refractivity contribution in [2.45, 2.75) is 42.1 Å². The first kappa shape index (κ1) is 21.2. The van der Waals surface area contributed by atoms with Crippen LogP contribution in [0.3, 0.4) is 0 Å². The highest BCUT2D eigenvalue weighted by atomic mass is 35.5. The summed E-state index contributed by atoms with van der Waals surface area (Å²) in [6.45, 7) is 3.96. The monoisotopic (exact) mass is 497 g/mol. The first-order valence-electron chi connectivity index (χ1n) is 11.0. The third-order valence-corrected chi connectivity index (χ3v) is 9.70.